The lowest BCUT2D eigenvalue weighted by Gasteiger charge is -2.42. The summed E-state index contributed by atoms with van der Waals surface area (Å²) in [5.41, 5.74) is 10.4. The lowest BCUT2D eigenvalue weighted by molar-refractivity contribution is -0.141. The summed E-state index contributed by atoms with van der Waals surface area (Å²) in [7, 11) is 1.48. The molecule has 2 unspecified atom stereocenters. The number of halogens is 2. The van der Waals surface area contributed by atoms with Gasteiger partial charge in [-0.15, -0.1) is 0 Å². The second-order valence-corrected chi connectivity index (χ2v) is 14.5. The summed E-state index contributed by atoms with van der Waals surface area (Å²) in [6.45, 7) is 2.27. The molecule has 0 fully saturated rings. The second-order valence-electron chi connectivity index (χ2n) is 12.7. The van der Waals surface area contributed by atoms with Crippen molar-refractivity contribution in [3.05, 3.63) is 128 Å². The summed E-state index contributed by atoms with van der Waals surface area (Å²) in [4.78, 5) is 23.6. The van der Waals surface area contributed by atoms with Gasteiger partial charge in [-0.25, -0.2) is 9.97 Å². The average Bonchev–Trinajstić information content (AvgIpc) is 3.46. The summed E-state index contributed by atoms with van der Waals surface area (Å²) < 4.78 is 7.33. The van der Waals surface area contributed by atoms with Crippen LogP contribution >= 0.6 is 31.9 Å². The van der Waals surface area contributed by atoms with E-state index >= 15 is 0 Å². The smallest absolute Gasteiger partial charge is 0.305 e. The number of rotatable bonds is 7. The van der Waals surface area contributed by atoms with Crippen molar-refractivity contribution in [3.63, 3.8) is 0 Å². The molecule has 4 aromatic carbocycles. The minimum absolute atomic E-state index is 0.203. The molecule has 2 aromatic heterocycles. The van der Waals surface area contributed by atoms with Gasteiger partial charge in [0.05, 0.1) is 29.5 Å². The van der Waals surface area contributed by atoms with Crippen molar-refractivity contribution in [1.29, 1.82) is 0 Å². The Morgan fingerprint density at radius 2 is 1.17 bits per heavy atom. The van der Waals surface area contributed by atoms with E-state index in [1.165, 1.54) is 34.9 Å². The molecule has 0 radical (unpaired) electrons. The minimum Gasteiger partial charge on any atom is -0.469 e. The van der Waals surface area contributed by atoms with E-state index in [0.29, 0.717) is 12.8 Å². The normalized spacial score (nSPS) is 19.1. The number of methoxy groups -OCH3 is 1. The number of hydrogen-bond donors (Lipinski definition) is 0. The summed E-state index contributed by atoms with van der Waals surface area (Å²) in [5.74, 6) is -0.203. The number of carbonyl (C=O) groups excluding carboxylic acids is 1. The summed E-state index contributed by atoms with van der Waals surface area (Å²) in [5, 5.41) is 2.24. The lowest BCUT2D eigenvalue weighted by Crippen LogP contribution is -2.38. The molecule has 6 heteroatoms. The van der Waals surface area contributed by atoms with Gasteiger partial charge in [-0.3, -0.25) is 4.79 Å². The fraction of sp³-hybridized carbons (Fsp3) is 0.225. The van der Waals surface area contributed by atoms with Gasteiger partial charge in [-0.1, -0.05) is 93.7 Å². The zero-order valence-corrected chi connectivity index (χ0v) is 28.9. The molecule has 0 aliphatic heterocycles. The van der Waals surface area contributed by atoms with Gasteiger partial charge < -0.3 is 4.74 Å². The van der Waals surface area contributed by atoms with E-state index < -0.39 is 5.41 Å². The molecule has 2 heterocycles. The van der Waals surface area contributed by atoms with Gasteiger partial charge in [0, 0.05) is 48.1 Å². The Hall–Kier alpha value is -3.87. The first kappa shape index (κ1) is 29.5. The van der Waals surface area contributed by atoms with Gasteiger partial charge >= 0.3 is 5.97 Å². The number of carbonyl (C=O) groups is 1. The molecule has 8 rings (SSSR count). The highest BCUT2D eigenvalue weighted by atomic mass is 79.9. The Labute approximate surface area is 285 Å². The van der Waals surface area contributed by atoms with Crippen LogP contribution in [-0.2, 0) is 20.4 Å². The van der Waals surface area contributed by atoms with E-state index in [-0.39, 0.29) is 11.4 Å². The number of esters is 1. The second kappa shape index (κ2) is 11.1. The average molecular weight is 733 g/mol. The molecule has 0 bridgehead atoms. The molecule has 0 saturated heterocycles. The molecule has 0 spiro atoms. The Balaban J connectivity index is 1.46. The third kappa shape index (κ3) is 4.40. The zero-order valence-electron chi connectivity index (χ0n) is 25.7. The molecular formula is C40H32Br2N2O2. The van der Waals surface area contributed by atoms with Gasteiger partial charge in [-0.05, 0) is 90.0 Å². The molecular weight excluding hydrogens is 700 g/mol. The van der Waals surface area contributed by atoms with Gasteiger partial charge in [0.25, 0.3) is 0 Å². The van der Waals surface area contributed by atoms with E-state index in [1.807, 2.05) is 6.07 Å². The van der Waals surface area contributed by atoms with Crippen LogP contribution in [0.3, 0.4) is 0 Å². The maximum atomic E-state index is 13.0. The van der Waals surface area contributed by atoms with Crippen LogP contribution in [0.15, 0.2) is 106 Å². The third-order valence-electron chi connectivity index (χ3n) is 10.2. The van der Waals surface area contributed by atoms with E-state index in [1.54, 1.807) is 0 Å². The molecule has 0 saturated carbocycles. The monoisotopic (exact) mass is 730 g/mol. The van der Waals surface area contributed by atoms with Gasteiger partial charge in [0.1, 0.15) is 0 Å². The molecule has 46 heavy (non-hydrogen) atoms. The quantitative estimate of drug-likeness (QED) is 0.153. The Bertz CT molecular complexity index is 2210. The van der Waals surface area contributed by atoms with Crippen LogP contribution in [0.25, 0.3) is 44.3 Å². The SMILES string of the molecule is CCCC1(CC2(CCC(=O)OC)c3cc(Br)ccc3-c3nc4ccccc4cc32)c2cc(Br)ccc2-c2nc3ccccc3cc21. The highest BCUT2D eigenvalue weighted by Gasteiger charge is 2.53. The third-order valence-corrected chi connectivity index (χ3v) is 11.2. The number of pyridine rings is 2. The number of hydrogen-bond acceptors (Lipinski definition) is 4. The van der Waals surface area contributed by atoms with Gasteiger partial charge in [0.2, 0.25) is 0 Å². The molecule has 6 aromatic rings. The highest BCUT2D eigenvalue weighted by Crippen LogP contribution is 2.62. The fourth-order valence-electron chi connectivity index (χ4n) is 8.36. The van der Waals surface area contributed by atoms with Gasteiger partial charge in [0.15, 0.2) is 0 Å². The number of aromatic nitrogens is 2. The van der Waals surface area contributed by atoms with Crippen LogP contribution in [0.2, 0.25) is 0 Å². The number of para-hydroxylation sites is 2. The largest absolute Gasteiger partial charge is 0.469 e. The summed E-state index contributed by atoms with van der Waals surface area (Å²) in [6.07, 6.45) is 3.58. The van der Waals surface area contributed by atoms with Crippen LogP contribution < -0.4 is 0 Å². The predicted molar refractivity (Wildman–Crippen MR) is 192 cm³/mol. The molecule has 2 aliphatic rings. The van der Waals surface area contributed by atoms with Crippen LogP contribution in [0, 0.1) is 0 Å². The minimum atomic E-state index is -0.526. The molecule has 0 amide bonds. The molecule has 2 atom stereocenters. The standard InChI is InChI=1S/C40H32Br2N2O2/c1-3-17-39(30-21-26(41)12-14-28(30)37-32(39)19-24-8-4-6-10-34(24)43-37)23-40(18-16-36(45)46-2)31-22-27(42)13-15-29(31)38-33(40)20-25-9-5-7-11-35(25)44-38/h4-15,19-22H,3,16-18,23H2,1-2H3. The number of nitrogens with zero attached hydrogens (tertiary/aromatic N) is 2. The first-order valence-corrected chi connectivity index (χ1v) is 17.4. The van der Waals surface area contributed by atoms with Crippen molar-refractivity contribution >= 4 is 59.6 Å². The number of benzene rings is 4. The van der Waals surface area contributed by atoms with E-state index in [9.17, 15) is 4.79 Å². The number of fused-ring (bicyclic) bond motifs is 8. The van der Waals surface area contributed by atoms with Crippen molar-refractivity contribution < 1.29 is 9.53 Å². The summed E-state index contributed by atoms with van der Waals surface area (Å²) >= 11 is 7.65. The molecule has 2 aliphatic carbocycles. The fourth-order valence-corrected chi connectivity index (χ4v) is 9.08. The Morgan fingerprint density at radius 1 is 0.674 bits per heavy atom. The molecule has 228 valence electrons. The first-order valence-electron chi connectivity index (χ1n) is 15.8. The lowest BCUT2D eigenvalue weighted by atomic mass is 9.60. The predicted octanol–water partition coefficient (Wildman–Crippen LogP) is 10.7. The Morgan fingerprint density at radius 3 is 1.67 bits per heavy atom. The molecule has 4 nitrogen and oxygen atoms in total. The topological polar surface area (TPSA) is 52.1 Å². The van der Waals surface area contributed by atoms with Crippen molar-refractivity contribution in [2.75, 3.05) is 7.11 Å². The van der Waals surface area contributed by atoms with Crippen LogP contribution in [0.5, 0.6) is 0 Å². The van der Waals surface area contributed by atoms with Crippen molar-refractivity contribution in [2.45, 2.75) is 49.9 Å². The van der Waals surface area contributed by atoms with Crippen molar-refractivity contribution in [2.24, 2.45) is 0 Å². The first-order chi connectivity index (χ1) is 22.4. The maximum absolute atomic E-state index is 13.0. The van der Waals surface area contributed by atoms with Gasteiger partial charge in [-0.2, -0.15) is 0 Å². The highest BCUT2D eigenvalue weighted by molar-refractivity contribution is 9.10. The van der Waals surface area contributed by atoms with E-state index in [4.69, 9.17) is 14.7 Å². The Kier molecular flexibility index (Phi) is 7.15. The van der Waals surface area contributed by atoms with Crippen molar-refractivity contribution in [3.8, 4) is 22.5 Å². The zero-order chi connectivity index (χ0) is 31.6. The van der Waals surface area contributed by atoms with Crippen LogP contribution in [0.1, 0.15) is 61.3 Å². The summed E-state index contributed by atoms with van der Waals surface area (Å²) in [6, 6.07) is 34.7. The van der Waals surface area contributed by atoms with E-state index in [0.717, 1.165) is 67.0 Å². The molecule has 0 N–H and O–H groups in total. The van der Waals surface area contributed by atoms with Crippen LogP contribution in [0.4, 0.5) is 0 Å². The van der Waals surface area contributed by atoms with E-state index in [2.05, 4.69) is 130 Å². The maximum Gasteiger partial charge on any atom is 0.305 e. The van der Waals surface area contributed by atoms with Crippen LogP contribution in [-0.4, -0.2) is 23.0 Å². The van der Waals surface area contributed by atoms with Crippen molar-refractivity contribution in [1.82, 2.24) is 9.97 Å². The number of ether oxygens (including phenoxy) is 1.